The zero-order valence-electron chi connectivity index (χ0n) is 13.9. The molecule has 2 aromatic carbocycles. The summed E-state index contributed by atoms with van der Waals surface area (Å²) in [5.41, 5.74) is 3.25. The van der Waals surface area contributed by atoms with Gasteiger partial charge in [0.15, 0.2) is 11.6 Å². The van der Waals surface area contributed by atoms with Crippen LogP contribution in [-0.4, -0.2) is 16.0 Å². The predicted molar refractivity (Wildman–Crippen MR) is 94.1 cm³/mol. The molecule has 3 aromatic rings. The topological polar surface area (TPSA) is 8.17 Å². The van der Waals surface area contributed by atoms with Crippen molar-refractivity contribution in [2.75, 3.05) is 6.54 Å². The van der Waals surface area contributed by atoms with Crippen molar-refractivity contribution in [2.45, 2.75) is 25.6 Å². The minimum absolute atomic E-state index is 0.104. The number of nitrogens with zero attached hydrogens (tertiary/aromatic N) is 2. The number of hydrogen-bond acceptors (Lipinski definition) is 1. The van der Waals surface area contributed by atoms with Crippen molar-refractivity contribution in [1.82, 2.24) is 9.47 Å². The molecule has 1 aliphatic heterocycles. The lowest BCUT2D eigenvalue weighted by Gasteiger charge is -2.30. The molecule has 0 bridgehead atoms. The Kier molecular flexibility index (Phi) is 4.36. The van der Waals surface area contributed by atoms with Gasteiger partial charge in [-0.15, -0.1) is 0 Å². The monoisotopic (exact) mass is 338 g/mol. The van der Waals surface area contributed by atoms with Crippen LogP contribution in [0.25, 0.3) is 0 Å². The first-order valence-corrected chi connectivity index (χ1v) is 8.60. The molecule has 1 aromatic heterocycles. The number of fused-ring (bicyclic) bond motifs is 1. The number of aromatic nitrogens is 1. The first-order valence-electron chi connectivity index (χ1n) is 8.60. The van der Waals surface area contributed by atoms with Crippen LogP contribution in [0.2, 0.25) is 0 Å². The lowest BCUT2D eigenvalue weighted by molar-refractivity contribution is 0.220. The SMILES string of the molecule is Fc1ccc(CN2CCCn3cccc3C2c2ccccc2)cc1F. The van der Waals surface area contributed by atoms with E-state index >= 15 is 0 Å². The van der Waals surface area contributed by atoms with Crippen LogP contribution < -0.4 is 0 Å². The van der Waals surface area contributed by atoms with Gasteiger partial charge in [-0.3, -0.25) is 4.90 Å². The summed E-state index contributed by atoms with van der Waals surface area (Å²) in [6.07, 6.45) is 3.14. The van der Waals surface area contributed by atoms with Crippen LogP contribution in [0, 0.1) is 11.6 Å². The van der Waals surface area contributed by atoms with E-state index < -0.39 is 11.6 Å². The molecule has 0 saturated carbocycles. The molecule has 1 unspecified atom stereocenters. The van der Waals surface area contributed by atoms with Gasteiger partial charge in [-0.1, -0.05) is 36.4 Å². The summed E-state index contributed by atoms with van der Waals surface area (Å²) in [5.74, 6) is -1.58. The van der Waals surface area contributed by atoms with Crippen LogP contribution in [0.15, 0.2) is 66.9 Å². The zero-order valence-corrected chi connectivity index (χ0v) is 13.9. The normalized spacial score (nSPS) is 17.9. The summed E-state index contributed by atoms with van der Waals surface area (Å²) in [5, 5.41) is 0. The van der Waals surface area contributed by atoms with Crippen LogP contribution in [0.4, 0.5) is 8.78 Å². The molecule has 128 valence electrons. The smallest absolute Gasteiger partial charge is 0.159 e. The van der Waals surface area contributed by atoms with Crippen molar-refractivity contribution in [3.05, 3.63) is 95.3 Å². The molecule has 0 amide bonds. The highest BCUT2D eigenvalue weighted by molar-refractivity contribution is 5.30. The molecular formula is C21H20F2N2. The number of rotatable bonds is 3. The summed E-state index contributed by atoms with van der Waals surface area (Å²) >= 11 is 0. The van der Waals surface area contributed by atoms with E-state index in [4.69, 9.17) is 0 Å². The zero-order chi connectivity index (χ0) is 17.2. The number of halogens is 2. The van der Waals surface area contributed by atoms with Crippen LogP contribution >= 0.6 is 0 Å². The van der Waals surface area contributed by atoms with E-state index in [1.165, 1.54) is 23.4 Å². The lowest BCUT2D eigenvalue weighted by Crippen LogP contribution is -2.29. The molecule has 0 aliphatic carbocycles. The van der Waals surface area contributed by atoms with E-state index in [1.54, 1.807) is 6.07 Å². The van der Waals surface area contributed by atoms with Gasteiger partial charge in [-0.25, -0.2) is 8.78 Å². The molecule has 0 fully saturated rings. The van der Waals surface area contributed by atoms with Gasteiger partial charge >= 0.3 is 0 Å². The van der Waals surface area contributed by atoms with Crippen molar-refractivity contribution in [1.29, 1.82) is 0 Å². The molecule has 0 spiro atoms. The number of benzene rings is 2. The second kappa shape index (κ2) is 6.81. The summed E-state index contributed by atoms with van der Waals surface area (Å²) in [4.78, 5) is 2.35. The molecule has 1 atom stereocenters. The Morgan fingerprint density at radius 3 is 2.52 bits per heavy atom. The number of aryl methyl sites for hydroxylation is 1. The van der Waals surface area contributed by atoms with Crippen LogP contribution in [-0.2, 0) is 13.1 Å². The van der Waals surface area contributed by atoms with E-state index in [0.717, 1.165) is 25.1 Å². The molecule has 0 radical (unpaired) electrons. The maximum atomic E-state index is 13.6. The van der Waals surface area contributed by atoms with Gasteiger partial charge in [0.05, 0.1) is 6.04 Å². The highest BCUT2D eigenvalue weighted by atomic mass is 19.2. The fourth-order valence-electron chi connectivity index (χ4n) is 3.70. The van der Waals surface area contributed by atoms with Crippen molar-refractivity contribution in [3.8, 4) is 0 Å². The fourth-order valence-corrected chi connectivity index (χ4v) is 3.70. The van der Waals surface area contributed by atoms with Crippen molar-refractivity contribution in [3.63, 3.8) is 0 Å². The first-order chi connectivity index (χ1) is 12.2. The van der Waals surface area contributed by atoms with Gasteiger partial charge in [-0.2, -0.15) is 0 Å². The van der Waals surface area contributed by atoms with Crippen molar-refractivity contribution in [2.24, 2.45) is 0 Å². The lowest BCUT2D eigenvalue weighted by atomic mass is 10.0. The van der Waals surface area contributed by atoms with Gasteiger partial charge in [0.2, 0.25) is 0 Å². The van der Waals surface area contributed by atoms with Gasteiger partial charge in [0.1, 0.15) is 0 Å². The maximum Gasteiger partial charge on any atom is 0.159 e. The minimum Gasteiger partial charge on any atom is -0.350 e. The Balaban J connectivity index is 1.72. The second-order valence-electron chi connectivity index (χ2n) is 6.51. The van der Waals surface area contributed by atoms with Gasteiger partial charge in [0.25, 0.3) is 0 Å². The van der Waals surface area contributed by atoms with E-state index in [1.807, 2.05) is 18.2 Å². The van der Waals surface area contributed by atoms with E-state index in [0.29, 0.717) is 6.54 Å². The summed E-state index contributed by atoms with van der Waals surface area (Å²) < 4.78 is 29.2. The average molecular weight is 338 g/mol. The maximum absolute atomic E-state index is 13.6. The van der Waals surface area contributed by atoms with Crippen LogP contribution in [0.1, 0.15) is 29.3 Å². The summed E-state index contributed by atoms with van der Waals surface area (Å²) in [7, 11) is 0. The first kappa shape index (κ1) is 16.0. The Labute approximate surface area is 146 Å². The molecule has 4 heteroatoms. The largest absolute Gasteiger partial charge is 0.350 e. The Hall–Kier alpha value is -2.46. The van der Waals surface area contributed by atoms with Crippen LogP contribution in [0.5, 0.6) is 0 Å². The van der Waals surface area contributed by atoms with Crippen molar-refractivity contribution < 1.29 is 8.78 Å². The summed E-state index contributed by atoms with van der Waals surface area (Å²) in [6.45, 7) is 2.46. The average Bonchev–Trinajstić information content (AvgIpc) is 3.00. The molecule has 4 rings (SSSR count). The van der Waals surface area contributed by atoms with Crippen LogP contribution in [0.3, 0.4) is 0 Å². The second-order valence-corrected chi connectivity index (χ2v) is 6.51. The predicted octanol–water partition coefficient (Wildman–Crippen LogP) is 4.76. The standard InChI is InChI=1S/C21H20F2N2/c22-18-10-9-16(14-19(18)23)15-25-13-5-12-24-11-4-8-20(24)21(25)17-6-2-1-3-7-17/h1-4,6-11,14,21H,5,12-13,15H2. The molecule has 25 heavy (non-hydrogen) atoms. The van der Waals surface area contributed by atoms with Gasteiger partial charge in [-0.05, 0) is 41.8 Å². The third-order valence-corrected chi connectivity index (χ3v) is 4.84. The van der Waals surface area contributed by atoms with Crippen molar-refractivity contribution >= 4 is 0 Å². The number of hydrogen-bond donors (Lipinski definition) is 0. The molecule has 0 N–H and O–H groups in total. The van der Waals surface area contributed by atoms with E-state index in [-0.39, 0.29) is 6.04 Å². The molecule has 2 nitrogen and oxygen atoms in total. The molecule has 0 saturated heterocycles. The Morgan fingerprint density at radius 1 is 0.880 bits per heavy atom. The van der Waals surface area contributed by atoms with E-state index in [9.17, 15) is 8.78 Å². The fraction of sp³-hybridized carbons (Fsp3) is 0.238. The molecule has 2 heterocycles. The molecular weight excluding hydrogens is 318 g/mol. The Morgan fingerprint density at radius 2 is 1.72 bits per heavy atom. The van der Waals surface area contributed by atoms with Gasteiger partial charge < -0.3 is 4.57 Å². The van der Waals surface area contributed by atoms with E-state index in [2.05, 4.69) is 39.9 Å². The quantitative estimate of drug-likeness (QED) is 0.668. The van der Waals surface area contributed by atoms with Gasteiger partial charge in [0, 0.05) is 31.5 Å². The molecule has 1 aliphatic rings. The third-order valence-electron chi connectivity index (χ3n) is 4.84. The Bertz CT molecular complexity index is 857. The third kappa shape index (κ3) is 3.22. The highest BCUT2D eigenvalue weighted by Gasteiger charge is 2.27. The highest BCUT2D eigenvalue weighted by Crippen LogP contribution is 2.33. The minimum atomic E-state index is -0.798. The summed E-state index contributed by atoms with van der Waals surface area (Å²) in [6, 6.07) is 18.9.